The fourth-order valence-corrected chi connectivity index (χ4v) is 2.76. The predicted molar refractivity (Wildman–Crippen MR) is 107 cm³/mol. The van der Waals surface area contributed by atoms with Gasteiger partial charge in [-0.25, -0.2) is 0 Å². The van der Waals surface area contributed by atoms with Crippen LogP contribution in [0.2, 0.25) is 0 Å². The van der Waals surface area contributed by atoms with E-state index >= 15 is 0 Å². The number of nitrogens with zero attached hydrogens (tertiary/aromatic N) is 1. The van der Waals surface area contributed by atoms with E-state index in [2.05, 4.69) is 53.5 Å². The molecule has 0 bridgehead atoms. The third-order valence-corrected chi connectivity index (χ3v) is 4.32. The average Bonchev–Trinajstić information content (AvgIpc) is 3.05. The van der Waals surface area contributed by atoms with Crippen LogP contribution in [0.1, 0.15) is 43.2 Å². The Labute approximate surface area is 158 Å². The van der Waals surface area contributed by atoms with Gasteiger partial charge < -0.3 is 15.6 Å². The lowest BCUT2D eigenvalue weighted by Gasteiger charge is -2.18. The van der Waals surface area contributed by atoms with Crippen molar-refractivity contribution in [1.29, 1.82) is 0 Å². The first-order valence-corrected chi connectivity index (χ1v) is 8.94. The Hall–Kier alpha value is -3.15. The maximum Gasteiger partial charge on any atom is 0.267 e. The number of carbonyl (C=O) groups excluding carboxylic acids is 2. The number of aromatic amines is 1. The largest absolute Gasteiger partial charge is 0.351 e. The number of aromatic nitrogens is 2. The van der Waals surface area contributed by atoms with Crippen molar-refractivity contribution >= 4 is 28.4 Å². The quantitative estimate of drug-likeness (QED) is 0.646. The highest BCUT2D eigenvalue weighted by atomic mass is 16.2. The van der Waals surface area contributed by atoms with Gasteiger partial charge in [0.25, 0.3) is 5.91 Å². The summed E-state index contributed by atoms with van der Waals surface area (Å²) in [5, 5.41) is 6.50. The second kappa shape index (κ2) is 7.61. The molecule has 0 aliphatic rings. The molecule has 0 radical (unpaired) electrons. The van der Waals surface area contributed by atoms with Gasteiger partial charge in [0.05, 0.1) is 11.9 Å². The van der Waals surface area contributed by atoms with Gasteiger partial charge in [-0.1, -0.05) is 32.9 Å². The van der Waals surface area contributed by atoms with Gasteiger partial charge >= 0.3 is 0 Å². The Kier molecular flexibility index (Phi) is 5.26. The molecule has 0 fully saturated rings. The lowest BCUT2D eigenvalue weighted by atomic mass is 9.87. The lowest BCUT2D eigenvalue weighted by Crippen LogP contribution is -2.27. The number of anilines is 1. The van der Waals surface area contributed by atoms with Crippen molar-refractivity contribution in [3.8, 4) is 0 Å². The van der Waals surface area contributed by atoms with Crippen molar-refractivity contribution in [3.63, 3.8) is 0 Å². The SMILES string of the molecule is CC(C)(C)c1ccc2cc(C(=O)NCCC(=O)Nc3cccnc3)[nH]c2c1. The van der Waals surface area contributed by atoms with Crippen LogP contribution in [-0.4, -0.2) is 28.3 Å². The van der Waals surface area contributed by atoms with Crippen LogP contribution in [0.4, 0.5) is 5.69 Å². The molecule has 3 rings (SSSR count). The van der Waals surface area contributed by atoms with Gasteiger partial charge in [0.15, 0.2) is 0 Å². The predicted octanol–water partition coefficient (Wildman–Crippen LogP) is 3.62. The van der Waals surface area contributed by atoms with Crippen LogP contribution in [0.5, 0.6) is 0 Å². The molecule has 0 saturated carbocycles. The molecule has 6 nitrogen and oxygen atoms in total. The summed E-state index contributed by atoms with van der Waals surface area (Å²) < 4.78 is 0. The monoisotopic (exact) mass is 364 g/mol. The summed E-state index contributed by atoms with van der Waals surface area (Å²) in [7, 11) is 0. The topological polar surface area (TPSA) is 86.9 Å². The Balaban J connectivity index is 1.57. The molecule has 6 heteroatoms. The number of hydrogen-bond acceptors (Lipinski definition) is 3. The Bertz CT molecular complexity index is 955. The van der Waals surface area contributed by atoms with E-state index in [1.165, 1.54) is 5.56 Å². The fraction of sp³-hybridized carbons (Fsp3) is 0.286. The van der Waals surface area contributed by atoms with Crippen molar-refractivity contribution < 1.29 is 9.59 Å². The van der Waals surface area contributed by atoms with Crippen LogP contribution in [-0.2, 0) is 10.2 Å². The number of hydrogen-bond donors (Lipinski definition) is 3. The number of carbonyl (C=O) groups is 2. The van der Waals surface area contributed by atoms with Crippen molar-refractivity contribution in [2.24, 2.45) is 0 Å². The van der Waals surface area contributed by atoms with Crippen LogP contribution in [0.15, 0.2) is 48.8 Å². The Morgan fingerprint density at radius 2 is 1.96 bits per heavy atom. The molecule has 27 heavy (non-hydrogen) atoms. The summed E-state index contributed by atoms with van der Waals surface area (Å²) >= 11 is 0. The standard InChI is InChI=1S/C21H24N4O2/c1-21(2,3)15-7-6-14-11-18(25-17(14)12-15)20(27)23-10-8-19(26)24-16-5-4-9-22-13-16/h4-7,9,11-13,25H,8,10H2,1-3H3,(H,23,27)(H,24,26). The number of benzene rings is 1. The number of H-pyrrole nitrogens is 1. The molecule has 0 atom stereocenters. The molecule has 0 unspecified atom stereocenters. The molecule has 0 spiro atoms. The molecule has 0 aliphatic carbocycles. The van der Waals surface area contributed by atoms with Gasteiger partial charge in [0.2, 0.25) is 5.91 Å². The summed E-state index contributed by atoms with van der Waals surface area (Å²) in [6.07, 6.45) is 3.41. The normalized spacial score (nSPS) is 11.4. The molecule has 1 aromatic carbocycles. The molecule has 2 aromatic heterocycles. The summed E-state index contributed by atoms with van der Waals surface area (Å²) in [6, 6.07) is 11.5. The number of fused-ring (bicyclic) bond motifs is 1. The molecule has 140 valence electrons. The maximum atomic E-state index is 12.4. The van der Waals surface area contributed by atoms with E-state index in [0.717, 1.165) is 10.9 Å². The minimum Gasteiger partial charge on any atom is -0.351 e. The lowest BCUT2D eigenvalue weighted by molar-refractivity contribution is -0.116. The van der Waals surface area contributed by atoms with Crippen molar-refractivity contribution in [2.45, 2.75) is 32.6 Å². The number of amides is 2. The van der Waals surface area contributed by atoms with Gasteiger partial charge in [0, 0.05) is 30.1 Å². The second-order valence-electron chi connectivity index (χ2n) is 7.53. The van der Waals surface area contributed by atoms with E-state index in [0.29, 0.717) is 11.4 Å². The summed E-state index contributed by atoms with van der Waals surface area (Å²) in [6.45, 7) is 6.72. The van der Waals surface area contributed by atoms with Gasteiger partial charge in [-0.3, -0.25) is 14.6 Å². The van der Waals surface area contributed by atoms with Crippen LogP contribution < -0.4 is 10.6 Å². The Morgan fingerprint density at radius 1 is 1.15 bits per heavy atom. The zero-order valence-electron chi connectivity index (χ0n) is 15.8. The van der Waals surface area contributed by atoms with Crippen LogP contribution in [0.3, 0.4) is 0 Å². The van der Waals surface area contributed by atoms with Crippen molar-refractivity contribution in [3.05, 3.63) is 60.0 Å². The van der Waals surface area contributed by atoms with Gasteiger partial charge in [-0.15, -0.1) is 0 Å². The average molecular weight is 364 g/mol. The second-order valence-corrected chi connectivity index (χ2v) is 7.53. The first-order valence-electron chi connectivity index (χ1n) is 8.94. The first kappa shape index (κ1) is 18.6. The van der Waals surface area contributed by atoms with E-state index in [9.17, 15) is 9.59 Å². The molecular weight excluding hydrogens is 340 g/mol. The highest BCUT2D eigenvalue weighted by molar-refractivity contribution is 5.98. The molecule has 2 amide bonds. The first-order chi connectivity index (χ1) is 12.8. The van der Waals surface area contributed by atoms with Gasteiger partial charge in [-0.2, -0.15) is 0 Å². The van der Waals surface area contributed by atoms with E-state index in [1.54, 1.807) is 24.5 Å². The smallest absolute Gasteiger partial charge is 0.267 e. The molecule has 2 heterocycles. The summed E-state index contributed by atoms with van der Waals surface area (Å²) in [5.74, 6) is -0.396. The van der Waals surface area contributed by atoms with Crippen LogP contribution in [0.25, 0.3) is 10.9 Å². The minimum atomic E-state index is -0.224. The highest BCUT2D eigenvalue weighted by Crippen LogP contribution is 2.26. The van der Waals surface area contributed by atoms with Crippen LogP contribution in [0, 0.1) is 0 Å². The third-order valence-electron chi connectivity index (χ3n) is 4.32. The van der Waals surface area contributed by atoms with E-state index in [4.69, 9.17) is 0 Å². The third kappa shape index (κ3) is 4.73. The molecule has 3 N–H and O–H groups in total. The summed E-state index contributed by atoms with van der Waals surface area (Å²) in [4.78, 5) is 31.4. The molecular formula is C21H24N4O2. The number of nitrogens with one attached hydrogen (secondary N) is 3. The minimum absolute atomic E-state index is 0.0450. The van der Waals surface area contributed by atoms with Crippen LogP contribution >= 0.6 is 0 Å². The van der Waals surface area contributed by atoms with Crippen molar-refractivity contribution in [2.75, 3.05) is 11.9 Å². The fourth-order valence-electron chi connectivity index (χ4n) is 2.76. The molecule has 0 aliphatic heterocycles. The van der Waals surface area contributed by atoms with Gasteiger partial charge in [0.1, 0.15) is 5.69 Å². The van der Waals surface area contributed by atoms with Crippen molar-refractivity contribution in [1.82, 2.24) is 15.3 Å². The molecule has 3 aromatic rings. The number of rotatable bonds is 5. The highest BCUT2D eigenvalue weighted by Gasteiger charge is 2.16. The zero-order chi connectivity index (χ0) is 19.4. The summed E-state index contributed by atoms with van der Waals surface area (Å²) in [5.41, 5.74) is 3.31. The Morgan fingerprint density at radius 3 is 2.67 bits per heavy atom. The number of pyridine rings is 1. The zero-order valence-corrected chi connectivity index (χ0v) is 15.8. The van der Waals surface area contributed by atoms with E-state index < -0.39 is 0 Å². The maximum absolute atomic E-state index is 12.4. The van der Waals surface area contributed by atoms with E-state index in [1.807, 2.05) is 12.1 Å². The van der Waals surface area contributed by atoms with Gasteiger partial charge in [-0.05, 0) is 35.2 Å². The molecule has 0 saturated heterocycles. The van der Waals surface area contributed by atoms with E-state index in [-0.39, 0.29) is 30.2 Å².